The number of alkyl halides is 3. The van der Waals surface area contributed by atoms with Gasteiger partial charge in [-0.25, -0.2) is 4.79 Å². The molecule has 0 saturated heterocycles. The number of halogens is 4. The first-order valence-electron chi connectivity index (χ1n) is 9.80. The number of nitriles is 1. The Morgan fingerprint density at radius 1 is 1.12 bits per heavy atom. The molecule has 0 aliphatic carbocycles. The van der Waals surface area contributed by atoms with Crippen molar-refractivity contribution in [2.24, 2.45) is 0 Å². The minimum atomic E-state index is -4.75. The lowest BCUT2D eigenvalue weighted by atomic mass is 9.96. The van der Waals surface area contributed by atoms with E-state index in [-0.39, 0.29) is 28.1 Å². The first kappa shape index (κ1) is 24.7. The maximum Gasteiger partial charge on any atom is 0.417 e. The van der Waals surface area contributed by atoms with Gasteiger partial charge in [0.1, 0.15) is 6.07 Å². The Labute approximate surface area is 196 Å². The van der Waals surface area contributed by atoms with Crippen molar-refractivity contribution in [3.8, 4) is 17.2 Å². The number of carbonyl (C=O) groups excluding carboxylic acids is 1. The van der Waals surface area contributed by atoms with Gasteiger partial charge in [-0.3, -0.25) is 9.59 Å². The molecule has 0 spiro atoms. The topological polar surface area (TPSA) is 100 Å². The number of ketones is 1. The molecule has 6 nitrogen and oxygen atoms in total. The molecular formula is C24H16ClF3N2O4. The molecule has 34 heavy (non-hydrogen) atoms. The van der Waals surface area contributed by atoms with Gasteiger partial charge in [0.05, 0.1) is 22.7 Å². The SMILES string of the molecule is CC(C(=O)Cc1ccc(C(=O)O)cc1)n1cc(C#N)c(-c2cc(Cl)ccc2C(F)(F)F)cc1=O. The number of carboxylic acid groups (broad SMARTS) is 1. The highest BCUT2D eigenvalue weighted by Crippen LogP contribution is 2.39. The van der Waals surface area contributed by atoms with Gasteiger partial charge in [-0.15, -0.1) is 0 Å². The second-order valence-electron chi connectivity index (χ2n) is 7.47. The van der Waals surface area contributed by atoms with E-state index in [0.717, 1.165) is 35.0 Å². The maximum absolute atomic E-state index is 13.5. The summed E-state index contributed by atoms with van der Waals surface area (Å²) in [5, 5.41) is 18.5. The van der Waals surface area contributed by atoms with Crippen LogP contribution in [0.5, 0.6) is 0 Å². The van der Waals surface area contributed by atoms with Crippen molar-refractivity contribution < 1.29 is 27.9 Å². The van der Waals surface area contributed by atoms with E-state index in [4.69, 9.17) is 16.7 Å². The molecule has 1 heterocycles. The van der Waals surface area contributed by atoms with Crippen LogP contribution in [0.4, 0.5) is 13.2 Å². The van der Waals surface area contributed by atoms with Crippen LogP contribution in [0.25, 0.3) is 11.1 Å². The average Bonchev–Trinajstić information content (AvgIpc) is 2.77. The smallest absolute Gasteiger partial charge is 0.417 e. The van der Waals surface area contributed by atoms with Crippen molar-refractivity contribution in [3.63, 3.8) is 0 Å². The van der Waals surface area contributed by atoms with Gasteiger partial charge in [-0.1, -0.05) is 23.7 Å². The van der Waals surface area contributed by atoms with Crippen LogP contribution in [0.15, 0.2) is 59.5 Å². The minimum Gasteiger partial charge on any atom is -0.478 e. The first-order chi connectivity index (χ1) is 15.9. The molecule has 1 unspecified atom stereocenters. The van der Waals surface area contributed by atoms with E-state index in [1.54, 1.807) is 6.07 Å². The molecule has 0 bridgehead atoms. The number of benzene rings is 2. The zero-order valence-corrected chi connectivity index (χ0v) is 18.3. The Balaban J connectivity index is 1.99. The molecule has 0 fully saturated rings. The van der Waals surface area contributed by atoms with Crippen molar-refractivity contribution in [3.05, 3.63) is 92.4 Å². The van der Waals surface area contributed by atoms with Crippen molar-refractivity contribution in [1.29, 1.82) is 5.26 Å². The second-order valence-corrected chi connectivity index (χ2v) is 7.90. The van der Waals surface area contributed by atoms with Crippen molar-refractivity contribution >= 4 is 23.4 Å². The van der Waals surface area contributed by atoms with Crippen LogP contribution in [-0.2, 0) is 17.4 Å². The summed E-state index contributed by atoms with van der Waals surface area (Å²) in [7, 11) is 0. The Kier molecular flexibility index (Phi) is 6.93. The number of aromatic nitrogens is 1. The molecule has 3 aromatic rings. The Hall–Kier alpha value is -3.90. The number of carbonyl (C=O) groups is 2. The fourth-order valence-electron chi connectivity index (χ4n) is 3.42. The number of carboxylic acids is 1. The minimum absolute atomic E-state index is 0.00599. The molecule has 3 rings (SSSR count). The zero-order chi connectivity index (χ0) is 25.2. The predicted molar refractivity (Wildman–Crippen MR) is 118 cm³/mol. The molecular weight excluding hydrogens is 473 g/mol. The van der Waals surface area contributed by atoms with Crippen molar-refractivity contribution in [2.75, 3.05) is 0 Å². The largest absolute Gasteiger partial charge is 0.478 e. The Morgan fingerprint density at radius 2 is 1.76 bits per heavy atom. The van der Waals surface area contributed by atoms with Gasteiger partial charge in [0.2, 0.25) is 0 Å². The van der Waals surface area contributed by atoms with Crippen LogP contribution in [0.3, 0.4) is 0 Å². The monoisotopic (exact) mass is 488 g/mol. The highest BCUT2D eigenvalue weighted by molar-refractivity contribution is 6.30. The van der Waals surface area contributed by atoms with Gasteiger partial charge < -0.3 is 9.67 Å². The van der Waals surface area contributed by atoms with Crippen LogP contribution < -0.4 is 5.56 Å². The summed E-state index contributed by atoms with van der Waals surface area (Å²) >= 11 is 5.87. The number of nitrogens with zero attached hydrogens (tertiary/aromatic N) is 2. The third kappa shape index (κ3) is 5.18. The van der Waals surface area contributed by atoms with E-state index in [0.29, 0.717) is 5.56 Å². The van der Waals surface area contributed by atoms with Crippen molar-refractivity contribution in [2.45, 2.75) is 25.6 Å². The van der Waals surface area contributed by atoms with Crippen LogP contribution in [0.1, 0.15) is 40.0 Å². The number of Topliss-reactive ketones (excluding diaryl/α,β-unsaturated/α-hetero) is 1. The summed E-state index contributed by atoms with van der Waals surface area (Å²) in [5.74, 6) is -1.53. The molecule has 1 atom stereocenters. The summed E-state index contributed by atoms with van der Waals surface area (Å²) in [4.78, 5) is 36.5. The van der Waals surface area contributed by atoms with Crippen LogP contribution >= 0.6 is 11.6 Å². The molecule has 1 N–H and O–H groups in total. The number of pyridine rings is 1. The maximum atomic E-state index is 13.5. The number of hydrogen-bond donors (Lipinski definition) is 1. The summed E-state index contributed by atoms with van der Waals surface area (Å²) in [6.45, 7) is 1.43. The van der Waals surface area contributed by atoms with E-state index in [1.165, 1.54) is 31.2 Å². The molecule has 1 aromatic heterocycles. The van der Waals surface area contributed by atoms with E-state index in [2.05, 4.69) is 0 Å². The van der Waals surface area contributed by atoms with E-state index in [9.17, 15) is 32.8 Å². The molecule has 174 valence electrons. The molecule has 0 saturated carbocycles. The van der Waals surface area contributed by atoms with E-state index < -0.39 is 40.7 Å². The highest BCUT2D eigenvalue weighted by atomic mass is 35.5. The van der Waals surface area contributed by atoms with Gasteiger partial charge in [0, 0.05) is 29.3 Å². The van der Waals surface area contributed by atoms with Crippen molar-refractivity contribution in [1.82, 2.24) is 4.57 Å². The van der Waals surface area contributed by atoms with Crippen LogP contribution in [0, 0.1) is 11.3 Å². The predicted octanol–water partition coefficient (Wildman–Crippen LogP) is 5.13. The summed E-state index contributed by atoms with van der Waals surface area (Å²) in [6.07, 6.45) is -3.82. The lowest BCUT2D eigenvalue weighted by molar-refractivity contribution is -0.137. The Bertz CT molecular complexity index is 1370. The van der Waals surface area contributed by atoms with Gasteiger partial charge in [-0.05, 0) is 48.4 Å². The number of aromatic carboxylic acids is 1. The van der Waals surface area contributed by atoms with Crippen LogP contribution in [-0.4, -0.2) is 21.4 Å². The number of rotatable bonds is 6. The molecule has 0 aliphatic rings. The number of hydrogen-bond acceptors (Lipinski definition) is 4. The summed E-state index contributed by atoms with van der Waals surface area (Å²) < 4.78 is 41.5. The summed E-state index contributed by atoms with van der Waals surface area (Å²) in [5.41, 5.74) is -2.17. The summed E-state index contributed by atoms with van der Waals surface area (Å²) in [6, 6.07) is 10.1. The molecule has 0 radical (unpaired) electrons. The van der Waals surface area contributed by atoms with Gasteiger partial charge in [0.15, 0.2) is 5.78 Å². The van der Waals surface area contributed by atoms with E-state index in [1.807, 2.05) is 0 Å². The normalized spacial score (nSPS) is 12.1. The van der Waals surface area contributed by atoms with E-state index >= 15 is 0 Å². The molecule has 0 amide bonds. The third-order valence-electron chi connectivity index (χ3n) is 5.24. The molecule has 2 aromatic carbocycles. The zero-order valence-electron chi connectivity index (χ0n) is 17.6. The fraction of sp³-hybridized carbons (Fsp3) is 0.167. The quantitative estimate of drug-likeness (QED) is 0.518. The third-order valence-corrected chi connectivity index (χ3v) is 5.48. The molecule has 0 aliphatic heterocycles. The first-order valence-corrected chi connectivity index (χ1v) is 10.2. The highest BCUT2D eigenvalue weighted by Gasteiger charge is 2.34. The van der Waals surface area contributed by atoms with Crippen LogP contribution in [0.2, 0.25) is 5.02 Å². The standard InChI is InChI=1S/C24H16ClF3N2O4/c1-13(21(31)8-14-2-4-15(5-3-14)23(33)34)30-12-16(11-29)18(10-22(30)32)19-9-17(25)6-7-20(19)24(26,27)28/h2-7,9-10,12-13H,8H2,1H3,(H,33,34). The Morgan fingerprint density at radius 3 is 2.32 bits per heavy atom. The van der Waals surface area contributed by atoms with Gasteiger partial charge in [0.25, 0.3) is 5.56 Å². The average molecular weight is 489 g/mol. The lowest BCUT2D eigenvalue weighted by Gasteiger charge is -2.18. The van der Waals surface area contributed by atoms with Gasteiger partial charge in [-0.2, -0.15) is 18.4 Å². The van der Waals surface area contributed by atoms with Gasteiger partial charge >= 0.3 is 12.1 Å². The second kappa shape index (κ2) is 9.53. The fourth-order valence-corrected chi connectivity index (χ4v) is 3.59. The molecule has 10 heteroatoms. The lowest BCUT2D eigenvalue weighted by Crippen LogP contribution is -2.29.